The highest BCUT2D eigenvalue weighted by atomic mass is 79.9. The minimum atomic E-state index is -0.354. The molecule has 0 aromatic heterocycles. The van der Waals surface area contributed by atoms with Crippen LogP contribution in [0.5, 0.6) is 17.2 Å². The zero-order valence-corrected chi connectivity index (χ0v) is 18.8. The zero-order valence-electron chi connectivity index (χ0n) is 17.2. The van der Waals surface area contributed by atoms with Crippen LogP contribution >= 0.6 is 15.9 Å². The lowest BCUT2D eigenvalue weighted by atomic mass is 10.1. The van der Waals surface area contributed by atoms with E-state index in [0.717, 1.165) is 0 Å². The van der Waals surface area contributed by atoms with Crippen molar-refractivity contribution in [2.75, 3.05) is 32.0 Å². The molecule has 0 atom stereocenters. The Morgan fingerprint density at radius 1 is 0.742 bits per heavy atom. The van der Waals surface area contributed by atoms with E-state index < -0.39 is 0 Å². The van der Waals surface area contributed by atoms with Gasteiger partial charge in [-0.15, -0.1) is 0 Å². The molecule has 0 bridgehead atoms. The van der Waals surface area contributed by atoms with Gasteiger partial charge in [-0.2, -0.15) is 0 Å². The second-order valence-corrected chi connectivity index (χ2v) is 7.24. The van der Waals surface area contributed by atoms with Crippen molar-refractivity contribution < 1.29 is 23.8 Å². The fourth-order valence-electron chi connectivity index (χ4n) is 2.89. The van der Waals surface area contributed by atoms with Gasteiger partial charge in [-0.25, -0.2) is 0 Å². The number of nitrogens with one attached hydrogen (secondary N) is 2. The minimum Gasteiger partial charge on any atom is -0.493 e. The lowest BCUT2D eigenvalue weighted by Gasteiger charge is -2.14. The zero-order chi connectivity index (χ0) is 22.4. The molecule has 0 unspecified atom stereocenters. The van der Waals surface area contributed by atoms with Gasteiger partial charge in [0, 0.05) is 21.3 Å². The maximum atomic E-state index is 12.8. The molecule has 0 saturated carbocycles. The van der Waals surface area contributed by atoms with Crippen LogP contribution in [0.15, 0.2) is 65.1 Å². The molecule has 7 nitrogen and oxygen atoms in total. The monoisotopic (exact) mass is 484 g/mol. The third-order valence-electron chi connectivity index (χ3n) is 4.44. The number of methoxy groups -OCH3 is 3. The SMILES string of the molecule is COc1cc(C(=O)Nc2ccc(NC(=O)c3ccccc3)c(Br)c2)cc(OC)c1OC. The van der Waals surface area contributed by atoms with E-state index in [1.807, 2.05) is 6.07 Å². The Bertz CT molecular complexity index is 1080. The quantitative estimate of drug-likeness (QED) is 0.493. The third kappa shape index (κ3) is 5.16. The van der Waals surface area contributed by atoms with Crippen LogP contribution in [0.25, 0.3) is 0 Å². The Balaban J connectivity index is 1.77. The second kappa shape index (κ2) is 9.99. The van der Waals surface area contributed by atoms with Crippen molar-refractivity contribution in [3.05, 3.63) is 76.3 Å². The molecule has 8 heteroatoms. The number of rotatable bonds is 7. The van der Waals surface area contributed by atoms with Crippen LogP contribution in [0, 0.1) is 0 Å². The lowest BCUT2D eigenvalue weighted by Crippen LogP contribution is -2.14. The summed E-state index contributed by atoms with van der Waals surface area (Å²) in [5, 5.41) is 5.65. The average molecular weight is 485 g/mol. The third-order valence-corrected chi connectivity index (χ3v) is 5.09. The van der Waals surface area contributed by atoms with Gasteiger partial charge in [-0.3, -0.25) is 9.59 Å². The number of anilines is 2. The molecule has 0 fully saturated rings. The first-order chi connectivity index (χ1) is 15.0. The molecular weight excluding hydrogens is 464 g/mol. The first kappa shape index (κ1) is 22.2. The van der Waals surface area contributed by atoms with E-state index in [2.05, 4.69) is 26.6 Å². The van der Waals surface area contributed by atoms with Crippen molar-refractivity contribution in [2.45, 2.75) is 0 Å². The summed E-state index contributed by atoms with van der Waals surface area (Å²) >= 11 is 3.44. The molecule has 0 aliphatic rings. The molecule has 31 heavy (non-hydrogen) atoms. The predicted molar refractivity (Wildman–Crippen MR) is 123 cm³/mol. The molecule has 0 aliphatic heterocycles. The number of halogens is 1. The number of hydrogen-bond donors (Lipinski definition) is 2. The first-order valence-electron chi connectivity index (χ1n) is 9.24. The Morgan fingerprint density at radius 3 is 1.90 bits per heavy atom. The Kier molecular flexibility index (Phi) is 7.15. The van der Waals surface area contributed by atoms with Gasteiger partial charge in [0.15, 0.2) is 11.5 Å². The Morgan fingerprint density at radius 2 is 1.35 bits per heavy atom. The smallest absolute Gasteiger partial charge is 0.255 e. The molecule has 0 heterocycles. The van der Waals surface area contributed by atoms with Crippen molar-refractivity contribution in [3.63, 3.8) is 0 Å². The minimum absolute atomic E-state index is 0.226. The number of benzene rings is 3. The molecule has 3 aromatic rings. The van der Waals surface area contributed by atoms with E-state index in [1.54, 1.807) is 54.6 Å². The number of ether oxygens (including phenoxy) is 3. The van der Waals surface area contributed by atoms with Crippen molar-refractivity contribution >= 4 is 39.1 Å². The van der Waals surface area contributed by atoms with Crippen LogP contribution in [0.2, 0.25) is 0 Å². The van der Waals surface area contributed by atoms with Gasteiger partial charge in [-0.05, 0) is 58.4 Å². The molecule has 2 amide bonds. The summed E-state index contributed by atoms with van der Waals surface area (Å²) in [6.45, 7) is 0. The molecule has 2 N–H and O–H groups in total. The normalized spacial score (nSPS) is 10.2. The number of hydrogen-bond acceptors (Lipinski definition) is 5. The lowest BCUT2D eigenvalue weighted by molar-refractivity contribution is 0.101. The molecular formula is C23H21BrN2O5. The van der Waals surface area contributed by atoms with Crippen molar-refractivity contribution in [2.24, 2.45) is 0 Å². The topological polar surface area (TPSA) is 85.9 Å². The molecule has 0 saturated heterocycles. The van der Waals surface area contributed by atoms with Crippen LogP contribution in [0.3, 0.4) is 0 Å². The van der Waals surface area contributed by atoms with Crippen LogP contribution in [0.1, 0.15) is 20.7 Å². The Hall–Kier alpha value is -3.52. The fourth-order valence-corrected chi connectivity index (χ4v) is 3.37. The number of carbonyl (C=O) groups is 2. The summed E-state index contributed by atoms with van der Waals surface area (Å²) in [5.74, 6) is 0.588. The van der Waals surface area contributed by atoms with E-state index >= 15 is 0 Å². The Labute approximate surface area is 188 Å². The molecule has 0 aliphatic carbocycles. The van der Waals surface area contributed by atoms with Gasteiger partial charge in [0.25, 0.3) is 11.8 Å². The van der Waals surface area contributed by atoms with Gasteiger partial charge < -0.3 is 24.8 Å². The number of carbonyl (C=O) groups excluding carboxylic acids is 2. The summed E-state index contributed by atoms with van der Waals surface area (Å²) in [6, 6.07) is 17.1. The second-order valence-electron chi connectivity index (χ2n) is 6.38. The number of amides is 2. The summed E-state index contributed by atoms with van der Waals surface area (Å²) in [6.07, 6.45) is 0. The molecule has 160 valence electrons. The van der Waals surface area contributed by atoms with Gasteiger partial charge in [-0.1, -0.05) is 18.2 Å². The maximum absolute atomic E-state index is 12.8. The highest BCUT2D eigenvalue weighted by Gasteiger charge is 2.17. The van der Waals surface area contributed by atoms with E-state index in [9.17, 15) is 9.59 Å². The van der Waals surface area contributed by atoms with Crippen LogP contribution in [-0.2, 0) is 0 Å². The van der Waals surface area contributed by atoms with E-state index in [4.69, 9.17) is 14.2 Å². The van der Waals surface area contributed by atoms with E-state index in [-0.39, 0.29) is 11.8 Å². The predicted octanol–water partition coefficient (Wildman–Crippen LogP) is 4.98. The molecule has 3 rings (SSSR count). The van der Waals surface area contributed by atoms with E-state index in [1.165, 1.54) is 21.3 Å². The molecule has 0 spiro atoms. The van der Waals surface area contributed by atoms with E-state index in [0.29, 0.717) is 44.2 Å². The fraction of sp³-hybridized carbons (Fsp3) is 0.130. The highest BCUT2D eigenvalue weighted by Crippen LogP contribution is 2.38. The van der Waals surface area contributed by atoms with Crippen molar-refractivity contribution in [3.8, 4) is 17.2 Å². The van der Waals surface area contributed by atoms with Gasteiger partial charge in [0.05, 0.1) is 27.0 Å². The van der Waals surface area contributed by atoms with Crippen LogP contribution in [0.4, 0.5) is 11.4 Å². The first-order valence-corrected chi connectivity index (χ1v) is 10.0. The van der Waals surface area contributed by atoms with Crippen LogP contribution in [-0.4, -0.2) is 33.1 Å². The van der Waals surface area contributed by atoms with Gasteiger partial charge >= 0.3 is 0 Å². The standard InChI is InChI=1S/C23H21BrN2O5/c1-29-19-11-15(12-20(30-2)21(19)31-3)23(28)25-16-9-10-18(17(24)13-16)26-22(27)14-7-5-4-6-8-14/h4-13H,1-3H3,(H,25,28)(H,26,27). The van der Waals surface area contributed by atoms with Crippen LogP contribution < -0.4 is 24.8 Å². The van der Waals surface area contributed by atoms with Crippen molar-refractivity contribution in [1.29, 1.82) is 0 Å². The largest absolute Gasteiger partial charge is 0.493 e. The molecule has 0 radical (unpaired) electrons. The summed E-state index contributed by atoms with van der Waals surface area (Å²) in [5.41, 5.74) is 2.02. The van der Waals surface area contributed by atoms with Gasteiger partial charge in [0.1, 0.15) is 0 Å². The summed E-state index contributed by atoms with van der Waals surface area (Å²) < 4.78 is 16.5. The maximum Gasteiger partial charge on any atom is 0.255 e. The summed E-state index contributed by atoms with van der Waals surface area (Å²) in [4.78, 5) is 25.1. The molecule has 3 aromatic carbocycles. The summed E-state index contributed by atoms with van der Waals surface area (Å²) in [7, 11) is 4.47. The average Bonchev–Trinajstić information content (AvgIpc) is 2.80. The highest BCUT2D eigenvalue weighted by molar-refractivity contribution is 9.10. The van der Waals surface area contributed by atoms with Gasteiger partial charge in [0.2, 0.25) is 5.75 Å². The van der Waals surface area contributed by atoms with Crippen molar-refractivity contribution in [1.82, 2.24) is 0 Å².